The van der Waals surface area contributed by atoms with Crippen LogP contribution in [-0.4, -0.2) is 35.4 Å². The number of aromatic nitrogens is 2. The highest BCUT2D eigenvalue weighted by Gasteiger charge is 2.12. The number of carboxylic acid groups (broad SMARTS) is 1. The third-order valence-electron chi connectivity index (χ3n) is 2.51. The van der Waals surface area contributed by atoms with Gasteiger partial charge >= 0.3 is 6.09 Å². The first-order valence-electron chi connectivity index (χ1n) is 5.70. The van der Waals surface area contributed by atoms with Gasteiger partial charge in [-0.2, -0.15) is 9.97 Å². The van der Waals surface area contributed by atoms with E-state index in [0.717, 1.165) is 0 Å². The number of rotatable bonds is 4. The zero-order valence-corrected chi connectivity index (χ0v) is 11.0. The van der Waals surface area contributed by atoms with Crippen molar-refractivity contribution in [2.24, 2.45) is 0 Å². The molecule has 1 aromatic heterocycles. The molecule has 0 spiro atoms. The number of carbonyl (C=O) groups is 1. The van der Waals surface area contributed by atoms with Gasteiger partial charge in [-0.15, -0.1) is 0 Å². The summed E-state index contributed by atoms with van der Waals surface area (Å²) in [4.78, 5) is 19.2. The zero-order valence-electron chi connectivity index (χ0n) is 11.0. The first kappa shape index (κ1) is 13.6. The number of ether oxygens (including phenoxy) is 2. The minimum absolute atomic E-state index is 0.311. The third-order valence-corrected chi connectivity index (χ3v) is 2.51. The van der Waals surface area contributed by atoms with Gasteiger partial charge in [0.25, 0.3) is 0 Å². The van der Waals surface area contributed by atoms with Crippen LogP contribution in [0.5, 0.6) is 11.8 Å². The number of nitrogens with one attached hydrogen (secondary N) is 1. The van der Waals surface area contributed by atoms with Crippen LogP contribution < -0.4 is 14.8 Å². The molecule has 1 heterocycles. The number of anilines is 1. The maximum absolute atomic E-state index is 10.8. The molecule has 0 fully saturated rings. The lowest BCUT2D eigenvalue weighted by atomic mass is 10.1. The van der Waals surface area contributed by atoms with Crippen molar-refractivity contribution in [2.45, 2.75) is 0 Å². The van der Waals surface area contributed by atoms with E-state index in [4.69, 9.17) is 14.6 Å². The van der Waals surface area contributed by atoms with Gasteiger partial charge in [0, 0.05) is 5.56 Å². The van der Waals surface area contributed by atoms with Gasteiger partial charge in [0.2, 0.25) is 11.8 Å². The maximum atomic E-state index is 10.8. The van der Waals surface area contributed by atoms with E-state index >= 15 is 0 Å². The Labute approximate surface area is 115 Å². The van der Waals surface area contributed by atoms with Crippen molar-refractivity contribution < 1.29 is 19.4 Å². The summed E-state index contributed by atoms with van der Waals surface area (Å²) in [6.07, 6.45) is -1.16. The molecule has 0 saturated carbocycles. The predicted octanol–water partition coefficient (Wildman–Crippen LogP) is 2.25. The zero-order chi connectivity index (χ0) is 14.5. The van der Waals surface area contributed by atoms with Crippen molar-refractivity contribution in [2.75, 3.05) is 19.5 Å². The van der Waals surface area contributed by atoms with Crippen LogP contribution in [0.1, 0.15) is 0 Å². The van der Waals surface area contributed by atoms with Gasteiger partial charge in [-0.3, -0.25) is 5.32 Å². The first-order valence-corrected chi connectivity index (χ1v) is 5.70. The summed E-state index contributed by atoms with van der Waals surface area (Å²) in [6.45, 7) is 0. The maximum Gasteiger partial charge on any atom is 0.409 e. The third kappa shape index (κ3) is 2.94. The van der Waals surface area contributed by atoms with E-state index in [1.54, 1.807) is 24.3 Å². The number of hydrogen-bond donors (Lipinski definition) is 2. The SMILES string of the molecule is COc1cc(OC)nc(-c2ccccc2NC(=O)O)n1. The molecule has 0 radical (unpaired) electrons. The van der Waals surface area contributed by atoms with Crippen LogP contribution >= 0.6 is 0 Å². The lowest BCUT2D eigenvalue weighted by Crippen LogP contribution is -2.09. The Morgan fingerprint density at radius 1 is 1.15 bits per heavy atom. The standard InChI is InChI=1S/C13H13N3O4/c1-19-10-7-11(20-2)16-12(15-10)8-5-3-4-6-9(8)14-13(17)18/h3-7,14H,1-2H3,(H,17,18). The van der Waals surface area contributed by atoms with Crippen molar-refractivity contribution >= 4 is 11.8 Å². The Balaban J connectivity index is 2.53. The molecule has 0 atom stereocenters. The number of para-hydroxylation sites is 1. The molecule has 1 aromatic carbocycles. The summed E-state index contributed by atoms with van der Waals surface area (Å²) in [6, 6.07) is 8.35. The van der Waals surface area contributed by atoms with Crippen LogP contribution in [0.4, 0.5) is 10.5 Å². The highest BCUT2D eigenvalue weighted by molar-refractivity contribution is 5.89. The fraction of sp³-hybridized carbons (Fsp3) is 0.154. The second-order valence-electron chi connectivity index (χ2n) is 3.75. The predicted molar refractivity (Wildman–Crippen MR) is 72.2 cm³/mol. The Morgan fingerprint density at radius 3 is 2.30 bits per heavy atom. The summed E-state index contributed by atoms with van der Waals surface area (Å²) < 4.78 is 10.1. The molecule has 20 heavy (non-hydrogen) atoms. The number of amides is 1. The Kier molecular flexibility index (Phi) is 3.99. The van der Waals surface area contributed by atoms with Crippen LogP contribution in [-0.2, 0) is 0 Å². The Hall–Kier alpha value is -2.83. The summed E-state index contributed by atoms with van der Waals surface area (Å²) in [7, 11) is 2.96. The largest absolute Gasteiger partial charge is 0.481 e. The van der Waals surface area contributed by atoms with Crippen molar-refractivity contribution in [3.8, 4) is 23.1 Å². The molecule has 1 amide bonds. The molecule has 0 aliphatic rings. The fourth-order valence-corrected chi connectivity index (χ4v) is 1.64. The molecule has 104 valence electrons. The molecule has 0 aliphatic carbocycles. The van der Waals surface area contributed by atoms with E-state index in [1.165, 1.54) is 20.3 Å². The topological polar surface area (TPSA) is 93.6 Å². The number of hydrogen-bond acceptors (Lipinski definition) is 5. The summed E-state index contributed by atoms with van der Waals surface area (Å²) >= 11 is 0. The van der Waals surface area contributed by atoms with E-state index in [0.29, 0.717) is 28.8 Å². The smallest absolute Gasteiger partial charge is 0.409 e. The number of benzene rings is 1. The van der Waals surface area contributed by atoms with E-state index < -0.39 is 6.09 Å². The summed E-state index contributed by atoms with van der Waals surface area (Å²) in [5.41, 5.74) is 0.919. The van der Waals surface area contributed by atoms with Crippen LogP contribution in [0, 0.1) is 0 Å². The van der Waals surface area contributed by atoms with E-state index in [1.807, 2.05) is 0 Å². The molecule has 0 aliphatic heterocycles. The number of nitrogens with zero attached hydrogens (tertiary/aromatic N) is 2. The second kappa shape index (κ2) is 5.87. The summed E-state index contributed by atoms with van der Waals surface area (Å²) in [5, 5.41) is 11.1. The van der Waals surface area contributed by atoms with E-state index in [2.05, 4.69) is 15.3 Å². The van der Waals surface area contributed by atoms with Gasteiger partial charge in [-0.05, 0) is 12.1 Å². The van der Waals surface area contributed by atoms with Gasteiger partial charge in [-0.1, -0.05) is 12.1 Å². The second-order valence-corrected chi connectivity index (χ2v) is 3.75. The monoisotopic (exact) mass is 275 g/mol. The van der Waals surface area contributed by atoms with Crippen LogP contribution in [0.2, 0.25) is 0 Å². The fourth-order valence-electron chi connectivity index (χ4n) is 1.64. The van der Waals surface area contributed by atoms with Crippen LogP contribution in [0.25, 0.3) is 11.4 Å². The van der Waals surface area contributed by atoms with Crippen LogP contribution in [0.15, 0.2) is 30.3 Å². The molecule has 2 rings (SSSR count). The average Bonchev–Trinajstić information content (AvgIpc) is 2.46. The quantitative estimate of drug-likeness (QED) is 0.888. The molecular formula is C13H13N3O4. The van der Waals surface area contributed by atoms with Gasteiger partial charge in [0.05, 0.1) is 26.0 Å². The van der Waals surface area contributed by atoms with Crippen molar-refractivity contribution in [1.29, 1.82) is 0 Å². The lowest BCUT2D eigenvalue weighted by molar-refractivity contribution is 0.210. The summed E-state index contributed by atoms with van der Waals surface area (Å²) in [5.74, 6) is 0.972. The van der Waals surface area contributed by atoms with Crippen LogP contribution in [0.3, 0.4) is 0 Å². The Bertz CT molecular complexity index is 609. The molecule has 7 heteroatoms. The van der Waals surface area contributed by atoms with E-state index in [9.17, 15) is 4.79 Å². The number of methoxy groups -OCH3 is 2. The normalized spacial score (nSPS) is 9.90. The molecule has 0 bridgehead atoms. The molecular weight excluding hydrogens is 262 g/mol. The van der Waals surface area contributed by atoms with Gasteiger partial charge in [-0.25, -0.2) is 4.79 Å². The molecule has 0 saturated heterocycles. The van der Waals surface area contributed by atoms with Gasteiger partial charge in [0.1, 0.15) is 0 Å². The molecule has 2 N–H and O–H groups in total. The lowest BCUT2D eigenvalue weighted by Gasteiger charge is -2.10. The molecule has 2 aromatic rings. The molecule has 7 nitrogen and oxygen atoms in total. The van der Waals surface area contributed by atoms with Gasteiger partial charge < -0.3 is 14.6 Å². The minimum atomic E-state index is -1.16. The molecule has 0 unspecified atom stereocenters. The van der Waals surface area contributed by atoms with Crippen molar-refractivity contribution in [3.63, 3.8) is 0 Å². The van der Waals surface area contributed by atoms with Crippen molar-refractivity contribution in [1.82, 2.24) is 9.97 Å². The minimum Gasteiger partial charge on any atom is -0.481 e. The first-order chi connectivity index (χ1) is 9.63. The van der Waals surface area contributed by atoms with E-state index in [-0.39, 0.29) is 0 Å². The Morgan fingerprint density at radius 2 is 1.75 bits per heavy atom. The highest BCUT2D eigenvalue weighted by Crippen LogP contribution is 2.28. The highest BCUT2D eigenvalue weighted by atomic mass is 16.5. The average molecular weight is 275 g/mol. The van der Waals surface area contributed by atoms with Gasteiger partial charge in [0.15, 0.2) is 5.82 Å². The van der Waals surface area contributed by atoms with Crippen molar-refractivity contribution in [3.05, 3.63) is 30.3 Å².